The van der Waals surface area contributed by atoms with Crippen LogP contribution in [0.15, 0.2) is 46.2 Å². The summed E-state index contributed by atoms with van der Waals surface area (Å²) in [5.74, 6) is 1.08. The molecule has 3 aromatic rings. The molecular weight excluding hydrogens is 268 g/mol. The molecule has 3 nitrogen and oxygen atoms in total. The van der Waals surface area contributed by atoms with Gasteiger partial charge in [-0.25, -0.2) is 0 Å². The summed E-state index contributed by atoms with van der Waals surface area (Å²) >= 11 is 1.67. The van der Waals surface area contributed by atoms with Crippen LogP contribution in [-0.4, -0.2) is 10.2 Å². The topological polar surface area (TPSA) is 38.9 Å². The Bertz CT molecular complexity index is 696. The Hall–Kier alpha value is -2.20. The van der Waals surface area contributed by atoms with Gasteiger partial charge in [0.25, 0.3) is 0 Å². The Balaban J connectivity index is 1.79. The van der Waals surface area contributed by atoms with Crippen molar-refractivity contribution in [3.8, 4) is 11.5 Å². The number of benzene rings is 1. The molecule has 0 spiro atoms. The number of nitrogens with zero attached hydrogens (tertiary/aromatic N) is 2. The average molecular weight is 282 g/mol. The van der Waals surface area contributed by atoms with Gasteiger partial charge in [-0.1, -0.05) is 25.1 Å². The van der Waals surface area contributed by atoms with E-state index in [1.807, 2.05) is 41.8 Å². The summed E-state index contributed by atoms with van der Waals surface area (Å²) in [5.41, 5.74) is 2.25. The normalized spacial score (nSPS) is 11.2. The fourth-order valence-corrected chi connectivity index (χ4v) is 2.46. The second kappa shape index (κ2) is 5.84. The van der Waals surface area contributed by atoms with Crippen molar-refractivity contribution < 1.29 is 4.42 Å². The first kappa shape index (κ1) is 12.8. The van der Waals surface area contributed by atoms with Crippen LogP contribution in [0.25, 0.3) is 23.6 Å². The molecule has 3 rings (SSSR count). The van der Waals surface area contributed by atoms with E-state index in [1.165, 1.54) is 5.56 Å². The van der Waals surface area contributed by atoms with Crippen molar-refractivity contribution in [1.29, 1.82) is 0 Å². The molecule has 0 saturated heterocycles. The molecule has 0 aliphatic heterocycles. The molecule has 0 bridgehead atoms. The van der Waals surface area contributed by atoms with Crippen LogP contribution in [0.4, 0.5) is 0 Å². The maximum atomic E-state index is 5.64. The molecule has 0 aliphatic carbocycles. The summed E-state index contributed by atoms with van der Waals surface area (Å²) in [7, 11) is 0. The van der Waals surface area contributed by atoms with Gasteiger partial charge in [0.1, 0.15) is 0 Å². The molecule has 0 N–H and O–H groups in total. The van der Waals surface area contributed by atoms with Gasteiger partial charge in [-0.2, -0.15) is 0 Å². The quantitative estimate of drug-likeness (QED) is 0.705. The van der Waals surface area contributed by atoms with Crippen molar-refractivity contribution in [2.24, 2.45) is 0 Å². The fraction of sp³-hybridized carbons (Fsp3) is 0.125. The van der Waals surface area contributed by atoms with Crippen molar-refractivity contribution in [3.05, 3.63) is 58.1 Å². The Morgan fingerprint density at radius 1 is 1.10 bits per heavy atom. The standard InChI is InChI=1S/C16H14N2OS/c1-2-12-5-7-13(8-6-12)16-18-17-15(19-16)10-9-14-4-3-11-20-14/h3-11H,2H2,1H3/b10-9+. The van der Waals surface area contributed by atoms with E-state index < -0.39 is 0 Å². The van der Waals surface area contributed by atoms with Crippen molar-refractivity contribution >= 4 is 23.5 Å². The van der Waals surface area contributed by atoms with E-state index in [4.69, 9.17) is 4.42 Å². The summed E-state index contributed by atoms with van der Waals surface area (Å²) in [6, 6.07) is 12.3. The lowest BCUT2D eigenvalue weighted by Gasteiger charge is -1.97. The van der Waals surface area contributed by atoms with E-state index in [1.54, 1.807) is 11.3 Å². The van der Waals surface area contributed by atoms with Gasteiger partial charge in [-0.15, -0.1) is 21.5 Å². The molecule has 1 aromatic carbocycles. The molecule has 0 amide bonds. The molecule has 20 heavy (non-hydrogen) atoms. The van der Waals surface area contributed by atoms with Crippen LogP contribution in [0, 0.1) is 0 Å². The van der Waals surface area contributed by atoms with Gasteiger partial charge in [-0.05, 0) is 41.6 Å². The van der Waals surface area contributed by atoms with Crippen LogP contribution in [0.2, 0.25) is 0 Å². The molecule has 100 valence electrons. The first-order valence-electron chi connectivity index (χ1n) is 6.49. The molecule has 2 aromatic heterocycles. The second-order valence-electron chi connectivity index (χ2n) is 4.34. The Morgan fingerprint density at radius 3 is 2.65 bits per heavy atom. The lowest BCUT2D eigenvalue weighted by atomic mass is 10.1. The molecule has 0 radical (unpaired) electrons. The highest BCUT2D eigenvalue weighted by Gasteiger charge is 2.06. The molecule has 0 unspecified atom stereocenters. The van der Waals surface area contributed by atoms with Crippen LogP contribution in [0.3, 0.4) is 0 Å². The van der Waals surface area contributed by atoms with Gasteiger partial charge in [-0.3, -0.25) is 0 Å². The molecule has 0 atom stereocenters. The third-order valence-corrected chi connectivity index (χ3v) is 3.82. The van der Waals surface area contributed by atoms with E-state index in [-0.39, 0.29) is 0 Å². The Morgan fingerprint density at radius 2 is 1.95 bits per heavy atom. The monoisotopic (exact) mass is 282 g/mol. The van der Waals surface area contributed by atoms with E-state index in [9.17, 15) is 0 Å². The highest BCUT2D eigenvalue weighted by molar-refractivity contribution is 7.10. The molecule has 0 aliphatic rings. The van der Waals surface area contributed by atoms with Gasteiger partial charge in [0.2, 0.25) is 11.8 Å². The van der Waals surface area contributed by atoms with Crippen molar-refractivity contribution in [2.45, 2.75) is 13.3 Å². The Labute approximate surface area is 121 Å². The zero-order chi connectivity index (χ0) is 13.8. The van der Waals surface area contributed by atoms with Crippen LogP contribution in [0.5, 0.6) is 0 Å². The summed E-state index contributed by atoms with van der Waals surface area (Å²) < 4.78 is 5.64. The lowest BCUT2D eigenvalue weighted by molar-refractivity contribution is 0.558. The molecule has 0 fully saturated rings. The largest absolute Gasteiger partial charge is 0.417 e. The first-order chi connectivity index (χ1) is 9.85. The van der Waals surface area contributed by atoms with Crippen LogP contribution >= 0.6 is 11.3 Å². The zero-order valence-corrected chi connectivity index (χ0v) is 11.9. The Kier molecular flexibility index (Phi) is 3.74. The van der Waals surface area contributed by atoms with Gasteiger partial charge in [0.05, 0.1) is 0 Å². The summed E-state index contributed by atoms with van der Waals surface area (Å²) in [6.07, 6.45) is 4.84. The minimum Gasteiger partial charge on any atom is -0.417 e. The third kappa shape index (κ3) is 2.86. The molecule has 0 saturated carbocycles. The minimum absolute atomic E-state index is 0.521. The van der Waals surface area contributed by atoms with Gasteiger partial charge < -0.3 is 4.42 Å². The molecule has 2 heterocycles. The maximum absolute atomic E-state index is 5.64. The second-order valence-corrected chi connectivity index (χ2v) is 5.32. The predicted octanol–water partition coefficient (Wildman–Crippen LogP) is 4.53. The number of aryl methyl sites for hydroxylation is 1. The van der Waals surface area contributed by atoms with Gasteiger partial charge in [0, 0.05) is 16.5 Å². The van der Waals surface area contributed by atoms with Crippen LogP contribution in [0.1, 0.15) is 23.3 Å². The number of hydrogen-bond donors (Lipinski definition) is 0. The van der Waals surface area contributed by atoms with Crippen LogP contribution in [-0.2, 0) is 6.42 Å². The fourth-order valence-electron chi connectivity index (χ4n) is 1.84. The number of aromatic nitrogens is 2. The van der Waals surface area contributed by atoms with Gasteiger partial charge >= 0.3 is 0 Å². The smallest absolute Gasteiger partial charge is 0.248 e. The summed E-state index contributed by atoms with van der Waals surface area (Å²) in [4.78, 5) is 1.16. The van der Waals surface area contributed by atoms with Crippen LogP contribution < -0.4 is 0 Å². The lowest BCUT2D eigenvalue weighted by Crippen LogP contribution is -1.81. The zero-order valence-electron chi connectivity index (χ0n) is 11.1. The average Bonchev–Trinajstić information content (AvgIpc) is 3.17. The van der Waals surface area contributed by atoms with E-state index >= 15 is 0 Å². The van der Waals surface area contributed by atoms with Gasteiger partial charge in [0.15, 0.2) is 0 Å². The third-order valence-electron chi connectivity index (χ3n) is 2.98. The van der Waals surface area contributed by atoms with Crippen molar-refractivity contribution in [2.75, 3.05) is 0 Å². The van der Waals surface area contributed by atoms with Crippen molar-refractivity contribution in [1.82, 2.24) is 10.2 Å². The molecule has 4 heteroatoms. The maximum Gasteiger partial charge on any atom is 0.248 e. The number of rotatable bonds is 4. The van der Waals surface area contributed by atoms with E-state index in [0.717, 1.165) is 16.9 Å². The highest BCUT2D eigenvalue weighted by Crippen LogP contribution is 2.20. The predicted molar refractivity (Wildman–Crippen MR) is 82.4 cm³/mol. The highest BCUT2D eigenvalue weighted by atomic mass is 32.1. The minimum atomic E-state index is 0.521. The molecular formula is C16H14N2OS. The van der Waals surface area contributed by atoms with Crippen molar-refractivity contribution in [3.63, 3.8) is 0 Å². The van der Waals surface area contributed by atoms with E-state index in [0.29, 0.717) is 11.8 Å². The number of thiophene rings is 1. The summed E-state index contributed by atoms with van der Waals surface area (Å²) in [6.45, 7) is 2.13. The first-order valence-corrected chi connectivity index (χ1v) is 7.37. The number of hydrogen-bond acceptors (Lipinski definition) is 4. The van der Waals surface area contributed by atoms with E-state index in [2.05, 4.69) is 29.3 Å². The summed E-state index contributed by atoms with van der Waals surface area (Å²) in [5, 5.41) is 10.1. The SMILES string of the molecule is CCc1ccc(-c2nnc(/C=C/c3cccs3)o2)cc1.